The van der Waals surface area contributed by atoms with Crippen LogP contribution in [0.4, 0.5) is 0 Å². The lowest BCUT2D eigenvalue weighted by atomic mass is 9.73. The molecule has 0 radical (unpaired) electrons. The van der Waals surface area contributed by atoms with Crippen LogP contribution >= 0.6 is 0 Å². The number of hydrogen-bond donors (Lipinski definition) is 1. The Labute approximate surface area is 200 Å². The average Bonchev–Trinajstić information content (AvgIpc) is 2.85. The molecule has 2 unspecified atom stereocenters. The predicted octanol–water partition coefficient (Wildman–Crippen LogP) is 4.51. The van der Waals surface area contributed by atoms with E-state index in [4.69, 9.17) is 18.9 Å². The monoisotopic (exact) mass is 465 g/mol. The van der Waals surface area contributed by atoms with Crippen LogP contribution in [0, 0.1) is 0 Å². The van der Waals surface area contributed by atoms with Gasteiger partial charge in [-0.05, 0) is 42.5 Å². The molecular formula is C27H31NO6. The molecular weight excluding hydrogens is 434 g/mol. The number of hydrogen-bond acceptors (Lipinski definition) is 6. The lowest BCUT2D eigenvalue weighted by Gasteiger charge is -2.35. The summed E-state index contributed by atoms with van der Waals surface area (Å²) in [5.74, 6) is 1.83. The fraction of sp³-hybridized carbons (Fsp3) is 0.407. The summed E-state index contributed by atoms with van der Waals surface area (Å²) in [5.41, 5.74) is 3.17. The van der Waals surface area contributed by atoms with E-state index in [0.717, 1.165) is 23.3 Å². The fourth-order valence-electron chi connectivity index (χ4n) is 4.91. The standard InChI is InChI=1S/C27H31NO6/c1-5-10-34-22-9-7-6-8-18(22)19-15-25(30)28-20-11-16(12-21(29)26(19)20)17-13-23(31-2)27(33-4)24(14-17)32-3/h6-9,13-14,16,19H,5,10-12,15H2,1-4H3,(H,28,30). The first-order valence-electron chi connectivity index (χ1n) is 11.6. The van der Waals surface area contributed by atoms with Crippen molar-refractivity contribution in [3.8, 4) is 23.0 Å². The lowest BCUT2D eigenvalue weighted by molar-refractivity contribution is -0.122. The molecule has 0 saturated carbocycles. The smallest absolute Gasteiger partial charge is 0.225 e. The molecule has 34 heavy (non-hydrogen) atoms. The zero-order valence-corrected chi connectivity index (χ0v) is 20.1. The van der Waals surface area contributed by atoms with Gasteiger partial charge in [-0.1, -0.05) is 25.1 Å². The Kier molecular flexibility index (Phi) is 7.10. The van der Waals surface area contributed by atoms with Gasteiger partial charge in [0.05, 0.1) is 27.9 Å². The van der Waals surface area contributed by atoms with Gasteiger partial charge >= 0.3 is 0 Å². The number of benzene rings is 2. The number of ether oxygens (including phenoxy) is 4. The number of ketones is 1. The summed E-state index contributed by atoms with van der Waals surface area (Å²) in [7, 11) is 4.69. The number of nitrogens with one attached hydrogen (secondary N) is 1. The van der Waals surface area contributed by atoms with Crippen LogP contribution in [0.5, 0.6) is 23.0 Å². The molecule has 0 bridgehead atoms. The van der Waals surface area contributed by atoms with Gasteiger partial charge in [-0.15, -0.1) is 0 Å². The highest BCUT2D eigenvalue weighted by Crippen LogP contribution is 2.47. The summed E-state index contributed by atoms with van der Waals surface area (Å²) in [6.07, 6.45) is 1.98. The zero-order valence-electron chi connectivity index (χ0n) is 20.1. The van der Waals surface area contributed by atoms with Gasteiger partial charge < -0.3 is 24.3 Å². The molecule has 2 aromatic carbocycles. The third-order valence-electron chi connectivity index (χ3n) is 6.45. The van der Waals surface area contributed by atoms with Crippen molar-refractivity contribution in [2.24, 2.45) is 0 Å². The SMILES string of the molecule is CCCOc1ccccc1C1CC(=O)NC2=C1C(=O)CC(c1cc(OC)c(OC)c(OC)c1)C2. The van der Waals surface area contributed by atoms with E-state index in [1.807, 2.05) is 43.3 Å². The van der Waals surface area contributed by atoms with Crippen LogP contribution in [-0.2, 0) is 9.59 Å². The van der Waals surface area contributed by atoms with Gasteiger partial charge in [0.25, 0.3) is 0 Å². The normalized spacial score (nSPS) is 19.9. The molecule has 180 valence electrons. The molecule has 4 rings (SSSR count). The van der Waals surface area contributed by atoms with Crippen LogP contribution in [0.3, 0.4) is 0 Å². The molecule has 2 atom stereocenters. The molecule has 2 aromatic rings. The molecule has 0 spiro atoms. The van der Waals surface area contributed by atoms with Crippen molar-refractivity contribution in [3.63, 3.8) is 0 Å². The Morgan fingerprint density at radius 3 is 2.26 bits per heavy atom. The summed E-state index contributed by atoms with van der Waals surface area (Å²) in [6.45, 7) is 2.63. The Bertz CT molecular complexity index is 1100. The summed E-state index contributed by atoms with van der Waals surface area (Å²) >= 11 is 0. The minimum atomic E-state index is -0.315. The van der Waals surface area contributed by atoms with Gasteiger partial charge in [-0.3, -0.25) is 9.59 Å². The predicted molar refractivity (Wildman–Crippen MR) is 128 cm³/mol. The van der Waals surface area contributed by atoms with E-state index in [0.29, 0.717) is 48.0 Å². The van der Waals surface area contributed by atoms with Crippen LogP contribution in [0.1, 0.15) is 55.6 Å². The molecule has 1 amide bonds. The summed E-state index contributed by atoms with van der Waals surface area (Å²) < 4.78 is 22.4. The fourth-order valence-corrected chi connectivity index (χ4v) is 4.91. The third kappa shape index (κ3) is 4.47. The topological polar surface area (TPSA) is 83.1 Å². The lowest BCUT2D eigenvalue weighted by Crippen LogP contribution is -2.38. The van der Waals surface area contributed by atoms with Crippen molar-refractivity contribution in [2.75, 3.05) is 27.9 Å². The Morgan fingerprint density at radius 2 is 1.62 bits per heavy atom. The van der Waals surface area contributed by atoms with Gasteiger partial charge in [-0.25, -0.2) is 0 Å². The van der Waals surface area contributed by atoms with Gasteiger partial charge in [0.2, 0.25) is 11.7 Å². The van der Waals surface area contributed by atoms with E-state index in [-0.39, 0.29) is 29.9 Å². The Morgan fingerprint density at radius 1 is 0.912 bits per heavy atom. The molecule has 7 nitrogen and oxygen atoms in total. The molecule has 2 aliphatic rings. The Balaban J connectivity index is 1.72. The van der Waals surface area contributed by atoms with E-state index in [1.54, 1.807) is 21.3 Å². The molecule has 1 heterocycles. The maximum Gasteiger partial charge on any atom is 0.225 e. The largest absolute Gasteiger partial charge is 0.493 e. The number of para-hydroxylation sites is 1. The first-order valence-corrected chi connectivity index (χ1v) is 11.6. The number of carbonyl (C=O) groups excluding carboxylic acids is 2. The number of allylic oxidation sites excluding steroid dienone is 2. The summed E-state index contributed by atoms with van der Waals surface area (Å²) in [5, 5.41) is 2.98. The minimum Gasteiger partial charge on any atom is -0.493 e. The molecule has 1 N–H and O–H groups in total. The quantitative estimate of drug-likeness (QED) is 0.618. The van der Waals surface area contributed by atoms with Gasteiger partial charge in [0, 0.05) is 35.6 Å². The minimum absolute atomic E-state index is 0.0373. The second-order valence-corrected chi connectivity index (χ2v) is 8.57. The van der Waals surface area contributed by atoms with Crippen LogP contribution < -0.4 is 24.3 Å². The van der Waals surface area contributed by atoms with Crippen LogP contribution in [0.15, 0.2) is 47.7 Å². The highest BCUT2D eigenvalue weighted by Gasteiger charge is 2.39. The van der Waals surface area contributed by atoms with E-state index in [2.05, 4.69) is 5.32 Å². The van der Waals surface area contributed by atoms with Crippen molar-refractivity contribution in [1.29, 1.82) is 0 Å². The van der Waals surface area contributed by atoms with E-state index in [9.17, 15) is 9.59 Å². The van der Waals surface area contributed by atoms with Crippen molar-refractivity contribution in [3.05, 3.63) is 58.8 Å². The molecule has 7 heteroatoms. The van der Waals surface area contributed by atoms with Crippen LogP contribution in [-0.4, -0.2) is 39.6 Å². The maximum atomic E-state index is 13.5. The number of methoxy groups -OCH3 is 3. The number of amides is 1. The summed E-state index contributed by atoms with van der Waals surface area (Å²) in [6, 6.07) is 11.5. The molecule has 1 aliphatic carbocycles. The highest BCUT2D eigenvalue weighted by molar-refractivity contribution is 6.02. The summed E-state index contributed by atoms with van der Waals surface area (Å²) in [4.78, 5) is 26.2. The highest BCUT2D eigenvalue weighted by atomic mass is 16.5. The van der Waals surface area contributed by atoms with E-state index >= 15 is 0 Å². The molecule has 0 aromatic heterocycles. The van der Waals surface area contributed by atoms with Gasteiger partial charge in [0.15, 0.2) is 17.3 Å². The van der Waals surface area contributed by atoms with Crippen LogP contribution in [0.25, 0.3) is 0 Å². The molecule has 0 saturated heterocycles. The van der Waals surface area contributed by atoms with Crippen molar-refractivity contribution < 1.29 is 28.5 Å². The second kappa shape index (κ2) is 10.2. The van der Waals surface area contributed by atoms with E-state index in [1.165, 1.54) is 0 Å². The number of Topliss-reactive ketones (excluding diaryl/α,β-unsaturated/α-hetero) is 1. The second-order valence-electron chi connectivity index (χ2n) is 8.57. The number of rotatable bonds is 8. The van der Waals surface area contributed by atoms with Crippen molar-refractivity contribution >= 4 is 11.7 Å². The Hall–Kier alpha value is -3.48. The van der Waals surface area contributed by atoms with Crippen LogP contribution in [0.2, 0.25) is 0 Å². The van der Waals surface area contributed by atoms with Crippen molar-refractivity contribution in [1.82, 2.24) is 5.32 Å². The van der Waals surface area contributed by atoms with Gasteiger partial charge in [0.1, 0.15) is 5.75 Å². The first-order chi connectivity index (χ1) is 16.5. The average molecular weight is 466 g/mol. The maximum absolute atomic E-state index is 13.5. The zero-order chi connectivity index (χ0) is 24.2. The molecule has 1 aliphatic heterocycles. The molecule has 0 fully saturated rings. The third-order valence-corrected chi connectivity index (χ3v) is 6.45. The van der Waals surface area contributed by atoms with Gasteiger partial charge in [-0.2, -0.15) is 0 Å². The first kappa shape index (κ1) is 23.7. The van der Waals surface area contributed by atoms with Crippen molar-refractivity contribution in [2.45, 2.75) is 44.4 Å². The van der Waals surface area contributed by atoms with E-state index < -0.39 is 0 Å². The number of carbonyl (C=O) groups is 2.